The topological polar surface area (TPSA) is 66.0 Å². The third-order valence-electron chi connectivity index (χ3n) is 7.84. The molecule has 3 heterocycles. The van der Waals surface area contributed by atoms with Gasteiger partial charge in [-0.3, -0.25) is 14.5 Å². The fourth-order valence-corrected chi connectivity index (χ4v) is 6.57. The van der Waals surface area contributed by atoms with Gasteiger partial charge in [-0.25, -0.2) is 4.98 Å². The number of aromatic nitrogens is 1. The standard InChI is InChI=1S/C30H36N4O3S/c1-22(35)33-16-14-25-10-7-11-26(34(25)21-29-31-15-17-38-29)20-32(19-24-9-3-5-12-27(24)33)30(36)18-23-8-4-6-13-28(23)37-2/h3-6,8-9,12-13,15,17,25-26H,7,10-11,14,16,18-21H2,1-2H3. The summed E-state index contributed by atoms with van der Waals surface area (Å²) in [7, 11) is 1.64. The quantitative estimate of drug-likeness (QED) is 0.468. The summed E-state index contributed by atoms with van der Waals surface area (Å²) in [5.74, 6) is 0.821. The SMILES string of the molecule is COc1ccccc1CC(=O)N1Cc2ccccc2N(C(C)=O)CCC2CCCC(C1)N2Cc1nccs1. The number of ether oxygens (including phenoxy) is 1. The van der Waals surface area contributed by atoms with Crippen molar-refractivity contribution in [2.24, 2.45) is 0 Å². The van der Waals surface area contributed by atoms with Crippen LogP contribution in [0, 0.1) is 0 Å². The minimum absolute atomic E-state index is 0.0300. The molecular formula is C30H36N4O3S. The molecule has 1 saturated heterocycles. The first kappa shape index (κ1) is 26.4. The molecule has 2 bridgehead atoms. The van der Waals surface area contributed by atoms with Gasteiger partial charge in [0, 0.05) is 61.5 Å². The molecule has 3 aromatic rings. The molecule has 8 heteroatoms. The van der Waals surface area contributed by atoms with E-state index in [0.717, 1.165) is 59.8 Å². The summed E-state index contributed by atoms with van der Waals surface area (Å²) in [5, 5.41) is 3.12. The monoisotopic (exact) mass is 532 g/mol. The van der Waals surface area contributed by atoms with Gasteiger partial charge in [0.05, 0.1) is 20.1 Å². The van der Waals surface area contributed by atoms with Crippen molar-refractivity contribution in [1.82, 2.24) is 14.8 Å². The van der Waals surface area contributed by atoms with Crippen molar-refractivity contribution in [2.45, 2.75) is 64.2 Å². The highest BCUT2D eigenvalue weighted by Crippen LogP contribution is 2.32. The lowest BCUT2D eigenvalue weighted by atomic mass is 9.92. The van der Waals surface area contributed by atoms with Crippen molar-refractivity contribution in [1.29, 1.82) is 0 Å². The number of thiazole rings is 1. The van der Waals surface area contributed by atoms with Crippen molar-refractivity contribution in [3.8, 4) is 5.75 Å². The summed E-state index contributed by atoms with van der Waals surface area (Å²) in [5.41, 5.74) is 2.78. The van der Waals surface area contributed by atoms with E-state index in [1.54, 1.807) is 25.4 Å². The predicted molar refractivity (Wildman–Crippen MR) is 150 cm³/mol. The van der Waals surface area contributed by atoms with Gasteiger partial charge >= 0.3 is 0 Å². The van der Waals surface area contributed by atoms with E-state index in [4.69, 9.17) is 4.74 Å². The van der Waals surface area contributed by atoms with Gasteiger partial charge in [-0.15, -0.1) is 11.3 Å². The van der Waals surface area contributed by atoms with Gasteiger partial charge in [0.25, 0.3) is 0 Å². The number of carbonyl (C=O) groups excluding carboxylic acids is 2. The Morgan fingerprint density at radius 2 is 1.84 bits per heavy atom. The Kier molecular flexibility index (Phi) is 8.39. The predicted octanol–water partition coefficient (Wildman–Crippen LogP) is 4.90. The molecule has 1 aromatic heterocycles. The molecule has 2 aliphatic heterocycles. The normalized spacial score (nSPS) is 20.4. The molecule has 0 spiro atoms. The fourth-order valence-electron chi connectivity index (χ4n) is 5.94. The van der Waals surface area contributed by atoms with Crippen LogP contribution < -0.4 is 9.64 Å². The Hall–Kier alpha value is -3.23. The molecule has 38 heavy (non-hydrogen) atoms. The number of piperidine rings is 1. The van der Waals surface area contributed by atoms with Crippen molar-refractivity contribution < 1.29 is 14.3 Å². The molecule has 0 aliphatic carbocycles. The maximum atomic E-state index is 14.0. The second-order valence-electron chi connectivity index (χ2n) is 10.2. The van der Waals surface area contributed by atoms with Crippen LogP contribution in [0.3, 0.4) is 0 Å². The Morgan fingerprint density at radius 3 is 2.63 bits per heavy atom. The Labute approximate surface area is 229 Å². The molecule has 200 valence electrons. The van der Waals surface area contributed by atoms with Crippen LogP contribution in [0.5, 0.6) is 5.75 Å². The second-order valence-corrected chi connectivity index (χ2v) is 11.2. The van der Waals surface area contributed by atoms with E-state index >= 15 is 0 Å². The second kappa shape index (κ2) is 12.1. The molecule has 2 amide bonds. The molecule has 0 radical (unpaired) electrons. The lowest BCUT2D eigenvalue weighted by molar-refractivity contribution is -0.132. The van der Waals surface area contributed by atoms with Gasteiger partial charge < -0.3 is 14.5 Å². The lowest BCUT2D eigenvalue weighted by Crippen LogP contribution is -2.52. The maximum Gasteiger partial charge on any atom is 0.227 e. The van der Waals surface area contributed by atoms with Gasteiger partial charge in [0.2, 0.25) is 11.8 Å². The minimum atomic E-state index is 0.0300. The number of para-hydroxylation sites is 2. The molecule has 0 N–H and O–H groups in total. The number of methoxy groups -OCH3 is 1. The minimum Gasteiger partial charge on any atom is -0.496 e. The van der Waals surface area contributed by atoms with Gasteiger partial charge in [-0.05, 0) is 37.0 Å². The Balaban J connectivity index is 1.52. The molecular weight excluding hydrogens is 496 g/mol. The summed E-state index contributed by atoms with van der Waals surface area (Å²) >= 11 is 1.68. The van der Waals surface area contributed by atoms with E-state index in [9.17, 15) is 9.59 Å². The number of rotatable bonds is 5. The summed E-state index contributed by atoms with van der Waals surface area (Å²) in [6.07, 6.45) is 6.27. The van der Waals surface area contributed by atoms with Gasteiger partial charge in [0.1, 0.15) is 10.8 Å². The Morgan fingerprint density at radius 1 is 1.05 bits per heavy atom. The van der Waals surface area contributed by atoms with Gasteiger partial charge in [-0.2, -0.15) is 0 Å². The smallest absolute Gasteiger partial charge is 0.227 e. The number of hydrogen-bond donors (Lipinski definition) is 0. The number of anilines is 1. The average Bonchev–Trinajstić information content (AvgIpc) is 3.43. The van der Waals surface area contributed by atoms with Crippen LogP contribution in [0.25, 0.3) is 0 Å². The van der Waals surface area contributed by atoms with Crippen molar-refractivity contribution in [3.63, 3.8) is 0 Å². The zero-order chi connectivity index (χ0) is 26.5. The number of hydrogen-bond acceptors (Lipinski definition) is 6. The van der Waals surface area contributed by atoms with Crippen molar-refractivity contribution in [2.75, 3.05) is 25.1 Å². The average molecular weight is 533 g/mol. The summed E-state index contributed by atoms with van der Waals surface area (Å²) < 4.78 is 5.54. The van der Waals surface area contributed by atoms with Crippen LogP contribution in [-0.2, 0) is 29.1 Å². The van der Waals surface area contributed by atoms with Gasteiger partial charge in [-0.1, -0.05) is 42.8 Å². The number of benzene rings is 2. The highest BCUT2D eigenvalue weighted by molar-refractivity contribution is 7.09. The van der Waals surface area contributed by atoms with E-state index < -0.39 is 0 Å². The van der Waals surface area contributed by atoms with Crippen LogP contribution >= 0.6 is 11.3 Å². The van der Waals surface area contributed by atoms with Crippen LogP contribution in [0.4, 0.5) is 5.69 Å². The largest absolute Gasteiger partial charge is 0.496 e. The molecule has 0 saturated carbocycles. The molecule has 2 atom stereocenters. The van der Waals surface area contributed by atoms with Crippen LogP contribution in [0.15, 0.2) is 60.1 Å². The molecule has 2 aliphatic rings. The third kappa shape index (κ3) is 5.92. The number of fused-ring (bicyclic) bond motifs is 3. The molecule has 5 rings (SSSR count). The van der Waals surface area contributed by atoms with Crippen LogP contribution in [0.1, 0.15) is 48.7 Å². The van der Waals surface area contributed by atoms with Crippen molar-refractivity contribution >= 4 is 28.8 Å². The first-order valence-corrected chi connectivity index (χ1v) is 14.3. The molecule has 1 fully saturated rings. The van der Waals surface area contributed by atoms with E-state index in [2.05, 4.69) is 9.88 Å². The van der Waals surface area contributed by atoms with E-state index in [-0.39, 0.29) is 24.3 Å². The molecule has 2 unspecified atom stereocenters. The fraction of sp³-hybridized carbons (Fsp3) is 0.433. The summed E-state index contributed by atoms with van der Waals surface area (Å²) in [4.78, 5) is 37.8. The Bertz CT molecular complexity index is 1250. The van der Waals surface area contributed by atoms with E-state index in [1.165, 1.54) is 0 Å². The number of carbonyl (C=O) groups is 2. The molecule has 7 nitrogen and oxygen atoms in total. The first-order valence-electron chi connectivity index (χ1n) is 13.4. The lowest BCUT2D eigenvalue weighted by Gasteiger charge is -2.43. The highest BCUT2D eigenvalue weighted by Gasteiger charge is 2.35. The van der Waals surface area contributed by atoms with Gasteiger partial charge in [0.15, 0.2) is 0 Å². The maximum absolute atomic E-state index is 14.0. The zero-order valence-electron chi connectivity index (χ0n) is 22.2. The van der Waals surface area contributed by atoms with Crippen LogP contribution in [0.2, 0.25) is 0 Å². The highest BCUT2D eigenvalue weighted by atomic mass is 32.1. The summed E-state index contributed by atoms with van der Waals surface area (Å²) in [6.45, 7) is 4.17. The molecule has 2 aromatic carbocycles. The zero-order valence-corrected chi connectivity index (χ0v) is 23.0. The third-order valence-corrected chi connectivity index (χ3v) is 8.61. The number of amides is 2. The number of nitrogens with zero attached hydrogens (tertiary/aromatic N) is 4. The van der Waals surface area contributed by atoms with E-state index in [0.29, 0.717) is 25.7 Å². The van der Waals surface area contributed by atoms with Crippen molar-refractivity contribution in [3.05, 3.63) is 76.2 Å². The van der Waals surface area contributed by atoms with E-state index in [1.807, 2.05) is 69.9 Å². The van der Waals surface area contributed by atoms with Crippen LogP contribution in [-0.4, -0.2) is 58.9 Å². The first-order chi connectivity index (χ1) is 18.5. The summed E-state index contributed by atoms with van der Waals surface area (Å²) in [6, 6.07) is 16.3.